The standard InChI is InChI=1S/C18H20N2O3/c1-23-12-4-11-19-18(22)14-7-9-16(10-8-14)20-13-15-5-2-3-6-17(15)21/h2-3,5-10,13,21H,4,11-12H2,1H3,(H,19,22). The molecule has 2 aromatic rings. The lowest BCUT2D eigenvalue weighted by Crippen LogP contribution is -2.25. The SMILES string of the molecule is COCCCNC(=O)c1ccc(N=Cc2ccccc2O)cc1. The molecule has 2 N–H and O–H groups in total. The van der Waals surface area contributed by atoms with Gasteiger partial charge in [0.25, 0.3) is 5.91 Å². The van der Waals surface area contributed by atoms with E-state index in [9.17, 15) is 9.90 Å². The van der Waals surface area contributed by atoms with Gasteiger partial charge in [-0.15, -0.1) is 0 Å². The summed E-state index contributed by atoms with van der Waals surface area (Å²) >= 11 is 0. The van der Waals surface area contributed by atoms with Crippen molar-refractivity contribution in [1.82, 2.24) is 5.32 Å². The van der Waals surface area contributed by atoms with Gasteiger partial charge in [-0.05, 0) is 42.8 Å². The molecular weight excluding hydrogens is 292 g/mol. The molecule has 0 bridgehead atoms. The number of amides is 1. The molecule has 1 amide bonds. The fourth-order valence-electron chi connectivity index (χ4n) is 1.96. The monoisotopic (exact) mass is 312 g/mol. The summed E-state index contributed by atoms with van der Waals surface area (Å²) in [5.41, 5.74) is 1.94. The van der Waals surface area contributed by atoms with E-state index in [4.69, 9.17) is 4.74 Å². The third-order valence-electron chi connectivity index (χ3n) is 3.23. The van der Waals surface area contributed by atoms with Crippen molar-refractivity contribution in [3.63, 3.8) is 0 Å². The molecule has 0 heterocycles. The molecule has 2 rings (SSSR count). The van der Waals surface area contributed by atoms with Crippen LogP contribution in [0.15, 0.2) is 53.5 Å². The number of phenolic OH excluding ortho intramolecular Hbond substituents is 1. The van der Waals surface area contributed by atoms with Gasteiger partial charge < -0.3 is 15.2 Å². The summed E-state index contributed by atoms with van der Waals surface area (Å²) in [6.07, 6.45) is 2.38. The number of aliphatic imine (C=N–C) groups is 1. The number of ether oxygens (including phenoxy) is 1. The second kappa shape index (κ2) is 8.70. The van der Waals surface area contributed by atoms with Crippen LogP contribution < -0.4 is 5.32 Å². The van der Waals surface area contributed by atoms with E-state index in [1.54, 1.807) is 55.8 Å². The van der Waals surface area contributed by atoms with Crippen LogP contribution in [0.3, 0.4) is 0 Å². The normalized spacial score (nSPS) is 10.8. The predicted molar refractivity (Wildman–Crippen MR) is 90.6 cm³/mol. The summed E-state index contributed by atoms with van der Waals surface area (Å²) in [6, 6.07) is 14.0. The Bertz CT molecular complexity index is 666. The van der Waals surface area contributed by atoms with Crippen molar-refractivity contribution in [3.8, 4) is 5.75 Å². The fraction of sp³-hybridized carbons (Fsp3) is 0.222. The van der Waals surface area contributed by atoms with Crippen LogP contribution in [0.25, 0.3) is 0 Å². The van der Waals surface area contributed by atoms with Crippen molar-refractivity contribution in [3.05, 3.63) is 59.7 Å². The van der Waals surface area contributed by atoms with Gasteiger partial charge in [0.1, 0.15) is 5.75 Å². The quantitative estimate of drug-likeness (QED) is 0.610. The lowest BCUT2D eigenvalue weighted by Gasteiger charge is -2.05. The lowest BCUT2D eigenvalue weighted by molar-refractivity contribution is 0.0948. The molecule has 0 radical (unpaired) electrons. The molecule has 0 aliphatic heterocycles. The minimum Gasteiger partial charge on any atom is -0.507 e. The van der Waals surface area contributed by atoms with Gasteiger partial charge in [-0.3, -0.25) is 9.79 Å². The topological polar surface area (TPSA) is 70.9 Å². The van der Waals surface area contributed by atoms with Gasteiger partial charge in [0.15, 0.2) is 0 Å². The van der Waals surface area contributed by atoms with E-state index in [0.29, 0.717) is 30.0 Å². The van der Waals surface area contributed by atoms with Crippen LogP contribution in [0.2, 0.25) is 0 Å². The summed E-state index contributed by atoms with van der Waals surface area (Å²) in [4.78, 5) is 16.2. The van der Waals surface area contributed by atoms with E-state index in [0.717, 1.165) is 6.42 Å². The average molecular weight is 312 g/mol. The van der Waals surface area contributed by atoms with Crippen molar-refractivity contribution in [2.24, 2.45) is 4.99 Å². The van der Waals surface area contributed by atoms with Gasteiger partial charge in [0, 0.05) is 37.6 Å². The Morgan fingerprint density at radius 2 is 1.96 bits per heavy atom. The van der Waals surface area contributed by atoms with E-state index in [1.807, 2.05) is 6.07 Å². The van der Waals surface area contributed by atoms with Crippen LogP contribution in [-0.4, -0.2) is 37.5 Å². The number of para-hydroxylation sites is 1. The molecule has 0 atom stereocenters. The number of nitrogens with one attached hydrogen (secondary N) is 1. The third-order valence-corrected chi connectivity index (χ3v) is 3.23. The highest BCUT2D eigenvalue weighted by molar-refractivity contribution is 5.94. The summed E-state index contributed by atoms with van der Waals surface area (Å²) in [5, 5.41) is 12.5. The number of methoxy groups -OCH3 is 1. The summed E-state index contributed by atoms with van der Waals surface area (Å²) in [7, 11) is 1.64. The summed E-state index contributed by atoms with van der Waals surface area (Å²) < 4.78 is 4.93. The number of hydrogen-bond acceptors (Lipinski definition) is 4. The maximum Gasteiger partial charge on any atom is 0.251 e. The molecular formula is C18H20N2O3. The molecule has 0 saturated heterocycles. The zero-order chi connectivity index (χ0) is 16.5. The van der Waals surface area contributed by atoms with Gasteiger partial charge in [0.05, 0.1) is 5.69 Å². The van der Waals surface area contributed by atoms with Crippen molar-refractivity contribution in [2.75, 3.05) is 20.3 Å². The molecule has 0 spiro atoms. The Morgan fingerprint density at radius 1 is 1.22 bits per heavy atom. The Balaban J connectivity index is 1.94. The van der Waals surface area contributed by atoms with Gasteiger partial charge in [-0.1, -0.05) is 12.1 Å². The van der Waals surface area contributed by atoms with Crippen LogP contribution in [0.1, 0.15) is 22.3 Å². The first kappa shape index (κ1) is 16.7. The Kier molecular flexibility index (Phi) is 6.32. The molecule has 0 saturated carbocycles. The van der Waals surface area contributed by atoms with E-state index < -0.39 is 0 Å². The molecule has 2 aromatic carbocycles. The Labute approximate surface area is 135 Å². The maximum absolute atomic E-state index is 11.9. The highest BCUT2D eigenvalue weighted by Gasteiger charge is 2.04. The fourth-order valence-corrected chi connectivity index (χ4v) is 1.96. The van der Waals surface area contributed by atoms with Crippen molar-refractivity contribution >= 4 is 17.8 Å². The smallest absolute Gasteiger partial charge is 0.251 e. The van der Waals surface area contributed by atoms with Crippen LogP contribution in [0.4, 0.5) is 5.69 Å². The predicted octanol–water partition coefficient (Wildman–Crippen LogP) is 2.91. The largest absolute Gasteiger partial charge is 0.507 e. The first-order valence-corrected chi connectivity index (χ1v) is 7.40. The van der Waals surface area contributed by atoms with Crippen molar-refractivity contribution < 1.29 is 14.6 Å². The number of hydrogen-bond donors (Lipinski definition) is 2. The maximum atomic E-state index is 11.9. The highest BCUT2D eigenvalue weighted by Crippen LogP contribution is 2.16. The second-order valence-electron chi connectivity index (χ2n) is 4.97. The number of rotatable bonds is 7. The first-order valence-electron chi connectivity index (χ1n) is 7.40. The van der Waals surface area contributed by atoms with E-state index in [2.05, 4.69) is 10.3 Å². The number of carbonyl (C=O) groups is 1. The summed E-state index contributed by atoms with van der Waals surface area (Å²) in [6.45, 7) is 1.21. The zero-order valence-electron chi connectivity index (χ0n) is 13.0. The molecule has 0 unspecified atom stereocenters. The molecule has 5 nitrogen and oxygen atoms in total. The second-order valence-corrected chi connectivity index (χ2v) is 4.97. The molecule has 23 heavy (non-hydrogen) atoms. The van der Waals surface area contributed by atoms with E-state index in [-0.39, 0.29) is 11.7 Å². The Hall–Kier alpha value is -2.66. The van der Waals surface area contributed by atoms with Crippen molar-refractivity contribution in [2.45, 2.75) is 6.42 Å². The van der Waals surface area contributed by atoms with E-state index in [1.165, 1.54) is 0 Å². The van der Waals surface area contributed by atoms with Crippen molar-refractivity contribution in [1.29, 1.82) is 0 Å². The third kappa shape index (κ3) is 5.23. The minimum atomic E-state index is -0.114. The van der Waals surface area contributed by atoms with Crippen LogP contribution in [0, 0.1) is 0 Å². The molecule has 0 aliphatic carbocycles. The van der Waals surface area contributed by atoms with E-state index >= 15 is 0 Å². The molecule has 5 heteroatoms. The first-order chi connectivity index (χ1) is 11.2. The van der Waals surface area contributed by atoms with Crippen LogP contribution in [0.5, 0.6) is 5.75 Å². The summed E-state index contributed by atoms with van der Waals surface area (Å²) in [5.74, 6) is 0.0700. The zero-order valence-corrected chi connectivity index (χ0v) is 13.0. The molecule has 0 aromatic heterocycles. The van der Waals surface area contributed by atoms with Gasteiger partial charge in [-0.2, -0.15) is 0 Å². The molecule has 120 valence electrons. The number of phenols is 1. The molecule has 0 aliphatic rings. The highest BCUT2D eigenvalue weighted by atomic mass is 16.5. The number of nitrogens with zero attached hydrogens (tertiary/aromatic N) is 1. The van der Waals surface area contributed by atoms with Gasteiger partial charge in [0.2, 0.25) is 0 Å². The molecule has 0 fully saturated rings. The average Bonchev–Trinajstić information content (AvgIpc) is 2.58. The van der Waals surface area contributed by atoms with Gasteiger partial charge >= 0.3 is 0 Å². The number of aromatic hydroxyl groups is 1. The van der Waals surface area contributed by atoms with Crippen LogP contribution >= 0.6 is 0 Å². The number of carbonyl (C=O) groups excluding carboxylic acids is 1. The minimum absolute atomic E-state index is 0.114. The lowest BCUT2D eigenvalue weighted by atomic mass is 10.2. The van der Waals surface area contributed by atoms with Crippen LogP contribution in [-0.2, 0) is 4.74 Å². The van der Waals surface area contributed by atoms with Gasteiger partial charge in [-0.25, -0.2) is 0 Å². The number of benzene rings is 2. The Morgan fingerprint density at radius 3 is 2.65 bits per heavy atom.